The van der Waals surface area contributed by atoms with Gasteiger partial charge in [0.25, 0.3) is 5.91 Å². The van der Waals surface area contributed by atoms with E-state index in [0.29, 0.717) is 11.5 Å². The van der Waals surface area contributed by atoms with Gasteiger partial charge in [0, 0.05) is 11.4 Å². The van der Waals surface area contributed by atoms with E-state index in [1.54, 1.807) is 6.07 Å². The zero-order chi connectivity index (χ0) is 24.2. The molecule has 0 radical (unpaired) electrons. The summed E-state index contributed by atoms with van der Waals surface area (Å²) in [5.41, 5.74) is 6.16. The molecule has 5 nitrogen and oxygen atoms in total. The lowest BCUT2D eigenvalue weighted by Crippen LogP contribution is -2.25. The van der Waals surface area contributed by atoms with Gasteiger partial charge in [0.15, 0.2) is 0 Å². The highest BCUT2D eigenvalue weighted by atomic mass is 32.1. The Hall–Kier alpha value is -3.12. The van der Waals surface area contributed by atoms with E-state index in [4.69, 9.17) is 9.84 Å². The van der Waals surface area contributed by atoms with Crippen molar-refractivity contribution in [3.05, 3.63) is 75.0 Å². The molecule has 1 amide bonds. The van der Waals surface area contributed by atoms with E-state index in [1.807, 2.05) is 18.2 Å². The Morgan fingerprint density at radius 3 is 2.21 bits per heavy atom. The van der Waals surface area contributed by atoms with E-state index in [2.05, 4.69) is 64.2 Å². The van der Waals surface area contributed by atoms with Crippen molar-refractivity contribution in [2.45, 2.75) is 53.1 Å². The maximum atomic E-state index is 12.1. The summed E-state index contributed by atoms with van der Waals surface area (Å²) in [6.45, 7) is 11.3. The minimum absolute atomic E-state index is 0.0947. The fourth-order valence-electron chi connectivity index (χ4n) is 3.70. The van der Waals surface area contributed by atoms with E-state index in [0.717, 1.165) is 21.8 Å². The van der Waals surface area contributed by atoms with Crippen LogP contribution in [0, 0.1) is 13.8 Å². The molecule has 0 aliphatic rings. The lowest BCUT2D eigenvalue weighted by molar-refractivity contribution is -0.136. The first-order valence-corrected chi connectivity index (χ1v) is 11.8. The number of ether oxygens (including phenoxy) is 1. The largest absolute Gasteiger partial charge is 0.488 e. The first kappa shape index (κ1) is 24.5. The number of carboxylic acid groups (broad SMARTS) is 1. The molecule has 0 atom stereocenters. The van der Waals surface area contributed by atoms with Crippen molar-refractivity contribution in [2.24, 2.45) is 0 Å². The third-order valence-electron chi connectivity index (χ3n) is 5.44. The van der Waals surface area contributed by atoms with Gasteiger partial charge in [0.05, 0.1) is 11.3 Å². The Bertz CT molecular complexity index is 1120. The maximum Gasteiger partial charge on any atom is 0.305 e. The van der Waals surface area contributed by atoms with Gasteiger partial charge >= 0.3 is 5.97 Å². The molecule has 0 aliphatic carbocycles. The van der Waals surface area contributed by atoms with Gasteiger partial charge in [-0.25, -0.2) is 0 Å². The molecule has 0 saturated heterocycles. The fraction of sp³-hybridized carbons (Fsp3) is 0.333. The summed E-state index contributed by atoms with van der Waals surface area (Å²) < 4.78 is 6.02. The van der Waals surface area contributed by atoms with Crippen molar-refractivity contribution >= 4 is 23.2 Å². The molecular formula is C27H31NO4S. The zero-order valence-corrected chi connectivity index (χ0v) is 20.6. The van der Waals surface area contributed by atoms with Crippen LogP contribution in [0.25, 0.3) is 11.1 Å². The standard InChI is InChI=1S/C27H31NO4S/c1-17-14-21(15-18(2)25(17)19-6-8-20(9-7-19)27(3,4)5)32-16-22-10-11-23(33-22)26(31)28-13-12-24(29)30/h6-11,14-15H,12-13,16H2,1-5H3,(H,28,31)(H,29,30). The number of nitrogens with one attached hydrogen (secondary N) is 1. The van der Waals surface area contributed by atoms with Crippen molar-refractivity contribution in [2.75, 3.05) is 6.54 Å². The van der Waals surface area contributed by atoms with Crippen LogP contribution in [0.2, 0.25) is 0 Å². The van der Waals surface area contributed by atoms with Crippen LogP contribution in [0.4, 0.5) is 0 Å². The molecular weight excluding hydrogens is 434 g/mol. The third kappa shape index (κ3) is 6.45. The van der Waals surface area contributed by atoms with Gasteiger partial charge < -0.3 is 15.2 Å². The van der Waals surface area contributed by atoms with Crippen LogP contribution in [0.15, 0.2) is 48.5 Å². The minimum atomic E-state index is -0.936. The Kier molecular flexibility index (Phi) is 7.59. The molecule has 3 rings (SSSR count). The Morgan fingerprint density at radius 1 is 1.00 bits per heavy atom. The monoisotopic (exact) mass is 465 g/mol. The number of hydrogen-bond acceptors (Lipinski definition) is 4. The number of amides is 1. The second-order valence-corrected chi connectivity index (χ2v) is 10.4. The van der Waals surface area contributed by atoms with Crippen LogP contribution in [0.1, 0.15) is 58.4 Å². The normalized spacial score (nSPS) is 11.3. The molecule has 0 bridgehead atoms. The van der Waals surface area contributed by atoms with Crippen LogP contribution in [-0.2, 0) is 16.8 Å². The number of carbonyl (C=O) groups is 2. The van der Waals surface area contributed by atoms with E-state index in [9.17, 15) is 9.59 Å². The van der Waals surface area contributed by atoms with E-state index in [-0.39, 0.29) is 24.3 Å². The predicted octanol–water partition coefficient (Wildman–Crippen LogP) is 6.11. The van der Waals surface area contributed by atoms with Crippen LogP contribution in [-0.4, -0.2) is 23.5 Å². The van der Waals surface area contributed by atoms with Crippen molar-refractivity contribution in [1.29, 1.82) is 0 Å². The molecule has 2 aromatic carbocycles. The van der Waals surface area contributed by atoms with Gasteiger partial charge in [-0.3, -0.25) is 9.59 Å². The van der Waals surface area contributed by atoms with Gasteiger partial charge in [0.1, 0.15) is 12.4 Å². The van der Waals surface area contributed by atoms with Crippen LogP contribution < -0.4 is 10.1 Å². The first-order chi connectivity index (χ1) is 15.5. The molecule has 0 saturated carbocycles. The molecule has 33 heavy (non-hydrogen) atoms. The van der Waals surface area contributed by atoms with Gasteiger partial charge in [-0.1, -0.05) is 45.0 Å². The molecule has 0 unspecified atom stereocenters. The maximum absolute atomic E-state index is 12.1. The van der Waals surface area contributed by atoms with Gasteiger partial charge in [-0.15, -0.1) is 11.3 Å². The average Bonchev–Trinajstić information content (AvgIpc) is 3.20. The highest BCUT2D eigenvalue weighted by Gasteiger charge is 2.15. The number of aryl methyl sites for hydroxylation is 2. The van der Waals surface area contributed by atoms with Crippen molar-refractivity contribution in [1.82, 2.24) is 5.32 Å². The average molecular weight is 466 g/mol. The second-order valence-electron chi connectivity index (χ2n) is 9.21. The second kappa shape index (κ2) is 10.2. The van der Waals surface area contributed by atoms with Crippen molar-refractivity contribution in [3.8, 4) is 16.9 Å². The third-order valence-corrected chi connectivity index (χ3v) is 6.49. The Labute approximate surface area is 199 Å². The van der Waals surface area contributed by atoms with Gasteiger partial charge in [0.2, 0.25) is 0 Å². The van der Waals surface area contributed by atoms with Gasteiger partial charge in [-0.2, -0.15) is 0 Å². The summed E-state index contributed by atoms with van der Waals surface area (Å²) in [7, 11) is 0. The SMILES string of the molecule is Cc1cc(OCc2ccc(C(=O)NCCC(=O)O)s2)cc(C)c1-c1ccc(C(C)(C)C)cc1. The molecule has 0 aliphatic heterocycles. The van der Waals surface area contributed by atoms with E-state index >= 15 is 0 Å². The molecule has 6 heteroatoms. The van der Waals surface area contributed by atoms with Crippen LogP contribution in [0.5, 0.6) is 5.75 Å². The quantitative estimate of drug-likeness (QED) is 0.421. The summed E-state index contributed by atoms with van der Waals surface area (Å²) in [5, 5.41) is 11.3. The molecule has 174 valence electrons. The smallest absolute Gasteiger partial charge is 0.305 e. The summed E-state index contributed by atoms with van der Waals surface area (Å²) in [6.07, 6.45) is -0.0947. The molecule has 3 aromatic rings. The lowest BCUT2D eigenvalue weighted by atomic mass is 9.85. The molecule has 0 spiro atoms. The zero-order valence-electron chi connectivity index (χ0n) is 19.8. The Morgan fingerprint density at radius 2 is 1.64 bits per heavy atom. The number of rotatable bonds is 8. The van der Waals surface area contributed by atoms with Gasteiger partial charge in [-0.05, 0) is 71.3 Å². The molecule has 1 aromatic heterocycles. The number of thiophene rings is 1. The van der Waals surface area contributed by atoms with Crippen molar-refractivity contribution < 1.29 is 19.4 Å². The highest BCUT2D eigenvalue weighted by molar-refractivity contribution is 7.14. The lowest BCUT2D eigenvalue weighted by Gasteiger charge is -2.20. The number of aliphatic carboxylic acids is 1. The summed E-state index contributed by atoms with van der Waals surface area (Å²) in [4.78, 5) is 24.2. The fourth-order valence-corrected chi connectivity index (χ4v) is 4.54. The molecule has 0 fully saturated rings. The van der Waals surface area contributed by atoms with Crippen LogP contribution >= 0.6 is 11.3 Å². The number of carbonyl (C=O) groups excluding carboxylic acids is 1. The number of hydrogen-bond donors (Lipinski definition) is 2. The van der Waals surface area contributed by atoms with Crippen molar-refractivity contribution in [3.63, 3.8) is 0 Å². The van der Waals surface area contributed by atoms with Crippen LogP contribution in [0.3, 0.4) is 0 Å². The molecule has 2 N–H and O–H groups in total. The summed E-state index contributed by atoms with van der Waals surface area (Å²) >= 11 is 1.35. The van der Waals surface area contributed by atoms with E-state index in [1.165, 1.54) is 28.0 Å². The summed E-state index contributed by atoms with van der Waals surface area (Å²) in [6, 6.07) is 16.5. The topological polar surface area (TPSA) is 75.6 Å². The number of benzene rings is 2. The predicted molar refractivity (Wildman–Crippen MR) is 133 cm³/mol. The first-order valence-electron chi connectivity index (χ1n) is 11.0. The highest BCUT2D eigenvalue weighted by Crippen LogP contribution is 2.33. The summed E-state index contributed by atoms with van der Waals surface area (Å²) in [5.74, 6) is -0.406. The Balaban J connectivity index is 1.66. The van der Waals surface area contributed by atoms with E-state index < -0.39 is 5.97 Å². The number of carboxylic acids is 1. The molecule has 1 heterocycles. The minimum Gasteiger partial charge on any atom is -0.488 e.